The zero-order chi connectivity index (χ0) is 21.1. The molecule has 6 heteroatoms. The highest BCUT2D eigenvalue weighted by Gasteiger charge is 2.27. The Labute approximate surface area is 182 Å². The first kappa shape index (κ1) is 20.9. The fraction of sp³-hybridized carbons (Fsp3) is 0.500. The molecule has 1 fully saturated rings. The van der Waals surface area contributed by atoms with Crippen LogP contribution in [0.2, 0.25) is 0 Å². The van der Waals surface area contributed by atoms with E-state index in [1.54, 1.807) is 0 Å². The molecule has 0 radical (unpaired) electrons. The molecule has 2 aliphatic carbocycles. The van der Waals surface area contributed by atoms with Crippen LogP contribution in [-0.4, -0.2) is 18.4 Å². The summed E-state index contributed by atoms with van der Waals surface area (Å²) in [5, 5.41) is 3.41. The monoisotopic (exact) mass is 426 g/mol. The van der Waals surface area contributed by atoms with Crippen molar-refractivity contribution in [1.29, 1.82) is 0 Å². The van der Waals surface area contributed by atoms with Crippen molar-refractivity contribution in [3.05, 3.63) is 45.8 Å². The highest BCUT2D eigenvalue weighted by Crippen LogP contribution is 2.39. The minimum absolute atomic E-state index is 0.0973. The lowest BCUT2D eigenvalue weighted by Gasteiger charge is -2.22. The quantitative estimate of drug-likeness (QED) is 0.679. The van der Waals surface area contributed by atoms with Gasteiger partial charge in [-0.1, -0.05) is 38.3 Å². The van der Waals surface area contributed by atoms with Crippen molar-refractivity contribution in [1.82, 2.24) is 0 Å². The van der Waals surface area contributed by atoms with Gasteiger partial charge in [0.1, 0.15) is 10.8 Å². The van der Waals surface area contributed by atoms with Crippen LogP contribution in [0.5, 0.6) is 5.75 Å². The fourth-order valence-corrected chi connectivity index (χ4v) is 6.12. The van der Waals surface area contributed by atoms with E-state index in [1.807, 2.05) is 12.1 Å². The summed E-state index contributed by atoms with van der Waals surface area (Å²) in [4.78, 5) is 25.6. The lowest BCUT2D eigenvalue weighted by Crippen LogP contribution is -2.22. The summed E-state index contributed by atoms with van der Waals surface area (Å²) >= 11 is 1.47. The number of nitrogens with one attached hydrogen (secondary N) is 1. The number of amides is 2. The zero-order valence-corrected chi connectivity index (χ0v) is 18.4. The van der Waals surface area contributed by atoms with Gasteiger partial charge in [0.15, 0.2) is 6.61 Å². The summed E-state index contributed by atoms with van der Waals surface area (Å²) in [6.07, 6.45) is 9.28. The maximum Gasteiger partial charge on any atom is 0.262 e. The summed E-state index contributed by atoms with van der Waals surface area (Å²) in [7, 11) is 0. The number of carbonyl (C=O) groups is 2. The predicted molar refractivity (Wildman–Crippen MR) is 120 cm³/mol. The molecule has 0 saturated heterocycles. The van der Waals surface area contributed by atoms with Gasteiger partial charge >= 0.3 is 0 Å². The van der Waals surface area contributed by atoms with Crippen molar-refractivity contribution in [3.63, 3.8) is 0 Å². The van der Waals surface area contributed by atoms with Gasteiger partial charge in [-0.15, -0.1) is 11.3 Å². The second-order valence-electron chi connectivity index (χ2n) is 8.66. The van der Waals surface area contributed by atoms with Gasteiger partial charge in [-0.2, -0.15) is 0 Å². The van der Waals surface area contributed by atoms with Crippen molar-refractivity contribution in [3.8, 4) is 5.75 Å². The predicted octanol–water partition coefficient (Wildman–Crippen LogP) is 5.04. The Bertz CT molecular complexity index is 913. The number of hydrogen-bond donors (Lipinski definition) is 2. The van der Waals surface area contributed by atoms with Crippen molar-refractivity contribution in [2.75, 3.05) is 11.9 Å². The lowest BCUT2D eigenvalue weighted by atomic mass is 9.84. The molecule has 5 nitrogen and oxygen atoms in total. The molecule has 1 aromatic carbocycles. The summed E-state index contributed by atoms with van der Waals surface area (Å²) in [6, 6.07) is 8.11. The van der Waals surface area contributed by atoms with Crippen LogP contribution in [-0.2, 0) is 17.6 Å². The summed E-state index contributed by atoms with van der Waals surface area (Å²) in [5.74, 6) is 1.16. The first-order chi connectivity index (χ1) is 14.5. The normalized spacial score (nSPS) is 19.2. The molecule has 2 amide bonds. The van der Waals surface area contributed by atoms with E-state index in [4.69, 9.17) is 10.5 Å². The smallest absolute Gasteiger partial charge is 0.262 e. The Morgan fingerprint density at radius 1 is 1.13 bits per heavy atom. The van der Waals surface area contributed by atoms with Gasteiger partial charge in [0.25, 0.3) is 11.8 Å². The molecule has 0 bridgehead atoms. The molecular formula is C24H30N2O3S. The van der Waals surface area contributed by atoms with Gasteiger partial charge in [0.2, 0.25) is 0 Å². The zero-order valence-electron chi connectivity index (χ0n) is 17.5. The van der Waals surface area contributed by atoms with Crippen LogP contribution in [0.25, 0.3) is 0 Å². The van der Waals surface area contributed by atoms with Crippen molar-refractivity contribution in [2.24, 2.45) is 11.7 Å². The van der Waals surface area contributed by atoms with E-state index >= 15 is 0 Å². The Morgan fingerprint density at radius 3 is 2.57 bits per heavy atom. The largest absolute Gasteiger partial charge is 0.484 e. The number of hydrogen-bond acceptors (Lipinski definition) is 4. The van der Waals surface area contributed by atoms with Crippen LogP contribution in [0.3, 0.4) is 0 Å². The molecule has 0 spiro atoms. The number of anilines is 1. The molecule has 4 rings (SSSR count). The van der Waals surface area contributed by atoms with E-state index in [2.05, 4.69) is 24.4 Å². The van der Waals surface area contributed by atoms with Gasteiger partial charge in [0, 0.05) is 4.88 Å². The van der Waals surface area contributed by atoms with E-state index in [0.29, 0.717) is 28.1 Å². The maximum absolute atomic E-state index is 12.5. The number of fused-ring (bicyclic) bond motifs is 1. The average Bonchev–Trinajstić information content (AvgIpc) is 3.10. The van der Waals surface area contributed by atoms with Crippen LogP contribution in [0.15, 0.2) is 24.3 Å². The van der Waals surface area contributed by atoms with Crippen LogP contribution < -0.4 is 15.8 Å². The topological polar surface area (TPSA) is 81.4 Å². The molecule has 1 saturated carbocycles. The highest BCUT2D eigenvalue weighted by atomic mass is 32.1. The maximum atomic E-state index is 12.5. The molecular weight excluding hydrogens is 396 g/mol. The molecule has 2 aliphatic rings. The molecule has 30 heavy (non-hydrogen) atoms. The highest BCUT2D eigenvalue weighted by molar-refractivity contribution is 7.17. The molecule has 2 aromatic rings. The molecule has 1 atom stereocenters. The average molecular weight is 427 g/mol. The van der Waals surface area contributed by atoms with Gasteiger partial charge < -0.3 is 15.8 Å². The number of carbonyl (C=O) groups excluding carboxylic acids is 2. The van der Waals surface area contributed by atoms with Gasteiger partial charge in [0.05, 0.1) is 5.56 Å². The number of thiophene rings is 1. The van der Waals surface area contributed by atoms with Crippen LogP contribution in [0.1, 0.15) is 77.7 Å². The fourth-order valence-electron chi connectivity index (χ4n) is 4.68. The van der Waals surface area contributed by atoms with E-state index in [9.17, 15) is 9.59 Å². The van der Waals surface area contributed by atoms with E-state index < -0.39 is 5.91 Å². The third-order valence-corrected chi connectivity index (χ3v) is 7.51. The van der Waals surface area contributed by atoms with Crippen LogP contribution >= 0.6 is 11.3 Å². The number of nitrogens with two attached hydrogens (primary N) is 1. The molecule has 1 heterocycles. The number of primary amides is 1. The third kappa shape index (κ3) is 4.69. The van der Waals surface area contributed by atoms with Gasteiger partial charge in [-0.05, 0) is 67.2 Å². The summed E-state index contributed by atoms with van der Waals surface area (Å²) in [6.45, 7) is 2.11. The molecule has 160 valence electrons. The van der Waals surface area contributed by atoms with E-state index in [1.165, 1.54) is 49.0 Å². The first-order valence-electron chi connectivity index (χ1n) is 11.0. The second kappa shape index (κ2) is 9.21. The standard InChI is InChI=1S/C24H30N2O3S/c1-15-7-12-19-20(13-15)30-24(22(19)23(25)28)26-21(27)14-29-18-10-8-17(9-11-18)16-5-3-2-4-6-16/h8-11,15-16H,2-7,12-14H2,1H3,(H2,25,28)(H,26,27)/t15-/m1/s1. The van der Waals surface area contributed by atoms with E-state index in [0.717, 1.165) is 29.7 Å². The minimum atomic E-state index is -0.475. The summed E-state index contributed by atoms with van der Waals surface area (Å²) in [5.41, 5.74) is 8.47. The Balaban J connectivity index is 1.36. The first-order valence-corrected chi connectivity index (χ1v) is 11.8. The number of rotatable bonds is 6. The SMILES string of the molecule is C[C@@H]1CCc2c(sc(NC(=O)COc3ccc(C4CCCCC4)cc3)c2C(N)=O)C1. The van der Waals surface area contributed by atoms with Crippen LogP contribution in [0.4, 0.5) is 5.00 Å². The molecule has 0 unspecified atom stereocenters. The molecule has 1 aromatic heterocycles. The van der Waals surface area contributed by atoms with Crippen molar-refractivity contribution in [2.45, 2.75) is 64.2 Å². The Kier molecular flexibility index (Phi) is 6.42. The number of ether oxygens (including phenoxy) is 1. The Morgan fingerprint density at radius 2 is 1.87 bits per heavy atom. The molecule has 3 N–H and O–H groups in total. The van der Waals surface area contributed by atoms with Crippen LogP contribution in [0, 0.1) is 5.92 Å². The van der Waals surface area contributed by atoms with Gasteiger partial charge in [-0.3, -0.25) is 9.59 Å². The van der Waals surface area contributed by atoms with Crippen molar-refractivity contribution >= 4 is 28.2 Å². The van der Waals surface area contributed by atoms with Crippen molar-refractivity contribution < 1.29 is 14.3 Å². The van der Waals surface area contributed by atoms with E-state index in [-0.39, 0.29) is 12.5 Å². The number of benzene rings is 1. The summed E-state index contributed by atoms with van der Waals surface area (Å²) < 4.78 is 5.68. The lowest BCUT2D eigenvalue weighted by molar-refractivity contribution is -0.118. The minimum Gasteiger partial charge on any atom is -0.484 e. The third-order valence-electron chi connectivity index (χ3n) is 6.34. The second-order valence-corrected chi connectivity index (χ2v) is 9.77. The Hall–Kier alpha value is -2.34. The molecule has 0 aliphatic heterocycles. The van der Waals surface area contributed by atoms with Gasteiger partial charge in [-0.25, -0.2) is 0 Å².